The van der Waals surface area contributed by atoms with E-state index in [0.717, 1.165) is 16.7 Å². The molecule has 0 bridgehead atoms. The average Bonchev–Trinajstić information content (AvgIpc) is 2.54. The van der Waals surface area contributed by atoms with Crippen LogP contribution in [0.3, 0.4) is 0 Å². The number of carbonyl (C=O) groups excluding carboxylic acids is 1. The second-order valence-electron chi connectivity index (χ2n) is 5.44. The molecule has 0 aromatic heterocycles. The van der Waals surface area contributed by atoms with Gasteiger partial charge in [0.05, 0.1) is 23.3 Å². The molecule has 2 aromatic rings. The van der Waals surface area contributed by atoms with Gasteiger partial charge in [0, 0.05) is 0 Å². The Balaban J connectivity index is 1.99. The fourth-order valence-electron chi connectivity index (χ4n) is 2.14. The van der Waals surface area contributed by atoms with Crippen LogP contribution >= 0.6 is 22.6 Å². The zero-order valence-electron chi connectivity index (χ0n) is 13.8. The highest BCUT2D eigenvalue weighted by Crippen LogP contribution is 2.31. The zero-order valence-corrected chi connectivity index (χ0v) is 15.9. The van der Waals surface area contributed by atoms with E-state index >= 15 is 0 Å². The van der Waals surface area contributed by atoms with Gasteiger partial charge in [-0.3, -0.25) is 4.79 Å². The maximum atomic E-state index is 12.0. The standard InChI is InChI=1S/C18H19IN2O3/c1-11-4-5-13(6-12(11)2)9-17(22)21-20-10-14-7-15(19)18(23)16(8-14)24-3/h4-8,10,23H,9H2,1-3H3,(H,21,22). The molecule has 0 fully saturated rings. The molecule has 0 aliphatic carbocycles. The number of benzene rings is 2. The lowest BCUT2D eigenvalue weighted by atomic mass is 10.0. The minimum absolute atomic E-state index is 0.0917. The van der Waals surface area contributed by atoms with E-state index in [1.807, 2.05) is 54.6 Å². The quantitative estimate of drug-likeness (QED) is 0.428. The summed E-state index contributed by atoms with van der Waals surface area (Å²) >= 11 is 2.01. The number of nitrogens with one attached hydrogen (secondary N) is 1. The smallest absolute Gasteiger partial charge is 0.244 e. The normalized spacial score (nSPS) is 10.8. The molecular weight excluding hydrogens is 419 g/mol. The van der Waals surface area contributed by atoms with Crippen LogP contribution in [0.2, 0.25) is 0 Å². The first kappa shape index (κ1) is 18.3. The SMILES string of the molecule is COc1cc(C=NNC(=O)Cc2ccc(C)c(C)c2)cc(I)c1O. The van der Waals surface area contributed by atoms with Crippen LogP contribution in [0.4, 0.5) is 0 Å². The number of hydrogen-bond donors (Lipinski definition) is 2. The second-order valence-corrected chi connectivity index (χ2v) is 6.60. The number of phenols is 1. The summed E-state index contributed by atoms with van der Waals surface area (Å²) in [6.07, 6.45) is 1.79. The van der Waals surface area contributed by atoms with E-state index in [1.165, 1.54) is 18.9 Å². The van der Waals surface area contributed by atoms with Crippen molar-refractivity contribution in [2.75, 3.05) is 7.11 Å². The summed E-state index contributed by atoms with van der Waals surface area (Å²) in [6, 6.07) is 9.35. The minimum Gasteiger partial charge on any atom is -0.504 e. The van der Waals surface area contributed by atoms with Crippen LogP contribution in [0.15, 0.2) is 35.4 Å². The number of hydrogen-bond acceptors (Lipinski definition) is 4. The molecule has 0 aliphatic heterocycles. The first-order chi connectivity index (χ1) is 11.4. The third kappa shape index (κ3) is 4.70. The van der Waals surface area contributed by atoms with Gasteiger partial charge in [-0.25, -0.2) is 5.43 Å². The van der Waals surface area contributed by atoms with Crippen molar-refractivity contribution in [2.45, 2.75) is 20.3 Å². The van der Waals surface area contributed by atoms with E-state index in [4.69, 9.17) is 4.74 Å². The van der Waals surface area contributed by atoms with Gasteiger partial charge in [0.1, 0.15) is 0 Å². The summed E-state index contributed by atoms with van der Waals surface area (Å²) in [4.78, 5) is 12.0. The number of aryl methyl sites for hydroxylation is 2. The molecule has 0 spiro atoms. The molecule has 0 atom stereocenters. The van der Waals surface area contributed by atoms with Crippen molar-refractivity contribution in [3.8, 4) is 11.5 Å². The van der Waals surface area contributed by atoms with E-state index in [2.05, 4.69) is 10.5 Å². The van der Waals surface area contributed by atoms with Gasteiger partial charge in [0.15, 0.2) is 11.5 Å². The van der Waals surface area contributed by atoms with Crippen molar-refractivity contribution < 1.29 is 14.6 Å². The number of phenolic OH excluding ortho intramolecular Hbond substituents is 1. The molecular formula is C18H19IN2O3. The molecule has 1 amide bonds. The van der Waals surface area contributed by atoms with Crippen molar-refractivity contribution in [3.63, 3.8) is 0 Å². The number of aromatic hydroxyl groups is 1. The summed E-state index contributed by atoms with van der Waals surface area (Å²) in [5.74, 6) is 0.272. The van der Waals surface area contributed by atoms with Gasteiger partial charge in [0.25, 0.3) is 0 Å². The number of carbonyl (C=O) groups is 1. The van der Waals surface area contributed by atoms with Gasteiger partial charge < -0.3 is 9.84 Å². The number of rotatable bonds is 5. The maximum absolute atomic E-state index is 12.0. The number of nitrogens with zero attached hydrogens (tertiary/aromatic N) is 1. The minimum atomic E-state index is -0.185. The predicted molar refractivity (Wildman–Crippen MR) is 103 cm³/mol. The molecule has 6 heteroatoms. The van der Waals surface area contributed by atoms with Crippen molar-refractivity contribution >= 4 is 34.7 Å². The molecule has 2 N–H and O–H groups in total. The summed E-state index contributed by atoms with van der Waals surface area (Å²) < 4.78 is 5.74. The topological polar surface area (TPSA) is 70.9 Å². The lowest BCUT2D eigenvalue weighted by molar-refractivity contribution is -0.120. The Hall–Kier alpha value is -2.09. The molecule has 24 heavy (non-hydrogen) atoms. The predicted octanol–water partition coefficient (Wildman–Crippen LogP) is 3.32. The first-order valence-corrected chi connectivity index (χ1v) is 8.43. The number of methoxy groups -OCH3 is 1. The fraction of sp³-hybridized carbons (Fsp3) is 0.222. The van der Waals surface area contributed by atoms with Crippen molar-refractivity contribution in [2.24, 2.45) is 5.10 Å². The number of hydrazone groups is 1. The van der Waals surface area contributed by atoms with Gasteiger partial charge in [-0.1, -0.05) is 18.2 Å². The molecule has 0 unspecified atom stereocenters. The Labute approximate surface area is 154 Å². The Morgan fingerprint density at radius 2 is 2.04 bits per heavy atom. The van der Waals surface area contributed by atoms with E-state index in [9.17, 15) is 9.90 Å². The first-order valence-electron chi connectivity index (χ1n) is 7.35. The number of halogens is 1. The molecule has 0 heterocycles. The van der Waals surface area contributed by atoms with Crippen LogP contribution < -0.4 is 10.2 Å². The Bertz CT molecular complexity index is 788. The van der Waals surface area contributed by atoms with Crippen molar-refractivity contribution in [3.05, 3.63) is 56.2 Å². The number of amides is 1. The monoisotopic (exact) mass is 438 g/mol. The van der Waals surface area contributed by atoms with E-state index in [0.29, 0.717) is 9.32 Å². The summed E-state index contributed by atoms with van der Waals surface area (Å²) in [5, 5.41) is 13.8. The zero-order chi connectivity index (χ0) is 17.7. The highest BCUT2D eigenvalue weighted by Gasteiger charge is 2.08. The summed E-state index contributed by atoms with van der Waals surface area (Å²) in [7, 11) is 1.48. The van der Waals surface area contributed by atoms with E-state index < -0.39 is 0 Å². The average molecular weight is 438 g/mol. The highest BCUT2D eigenvalue weighted by molar-refractivity contribution is 14.1. The van der Waals surface area contributed by atoms with Gasteiger partial charge >= 0.3 is 0 Å². The van der Waals surface area contributed by atoms with Gasteiger partial charge in [-0.15, -0.1) is 0 Å². The van der Waals surface area contributed by atoms with Gasteiger partial charge in [0.2, 0.25) is 5.91 Å². The molecule has 5 nitrogen and oxygen atoms in total. The van der Waals surface area contributed by atoms with Crippen LogP contribution in [-0.2, 0) is 11.2 Å². The molecule has 126 valence electrons. The van der Waals surface area contributed by atoms with Crippen molar-refractivity contribution in [1.82, 2.24) is 5.43 Å². The molecule has 0 saturated carbocycles. The van der Waals surface area contributed by atoms with E-state index in [1.54, 1.807) is 12.1 Å². The Kier molecular flexibility index (Phi) is 6.19. The van der Waals surface area contributed by atoms with Crippen LogP contribution in [0.1, 0.15) is 22.3 Å². The molecule has 0 aliphatic rings. The molecule has 2 rings (SSSR count). The molecule has 0 radical (unpaired) electrons. The van der Waals surface area contributed by atoms with Crippen LogP contribution in [-0.4, -0.2) is 24.3 Å². The highest BCUT2D eigenvalue weighted by atomic mass is 127. The molecule has 2 aromatic carbocycles. The van der Waals surface area contributed by atoms with E-state index in [-0.39, 0.29) is 18.1 Å². The third-order valence-electron chi connectivity index (χ3n) is 3.61. The number of ether oxygens (including phenoxy) is 1. The van der Waals surface area contributed by atoms with Crippen LogP contribution in [0.25, 0.3) is 0 Å². The van der Waals surface area contributed by atoms with Crippen molar-refractivity contribution in [1.29, 1.82) is 0 Å². The molecule has 0 saturated heterocycles. The van der Waals surface area contributed by atoms with Gasteiger partial charge in [-0.2, -0.15) is 5.10 Å². The summed E-state index contributed by atoms with van der Waals surface area (Å²) in [5.41, 5.74) is 6.55. The third-order valence-corrected chi connectivity index (χ3v) is 4.43. The van der Waals surface area contributed by atoms with Gasteiger partial charge in [-0.05, 0) is 70.8 Å². The maximum Gasteiger partial charge on any atom is 0.244 e. The lowest BCUT2D eigenvalue weighted by Crippen LogP contribution is -2.19. The Morgan fingerprint density at radius 3 is 2.71 bits per heavy atom. The summed E-state index contributed by atoms with van der Waals surface area (Å²) in [6.45, 7) is 4.06. The largest absolute Gasteiger partial charge is 0.504 e. The van der Waals surface area contributed by atoms with Crippen LogP contribution in [0, 0.1) is 17.4 Å². The Morgan fingerprint density at radius 1 is 1.29 bits per heavy atom. The fourth-order valence-corrected chi connectivity index (χ4v) is 2.77. The lowest BCUT2D eigenvalue weighted by Gasteiger charge is -2.06. The van der Waals surface area contributed by atoms with Crippen LogP contribution in [0.5, 0.6) is 11.5 Å². The second kappa shape index (κ2) is 8.14.